The topological polar surface area (TPSA) is 61.8 Å². The number of hydrogen-bond donors (Lipinski definition) is 1. The number of rotatable bonds is 1. The maximum Gasteiger partial charge on any atom is 0.147 e. The molecule has 0 saturated carbocycles. The molecule has 90 valence electrons. The van der Waals surface area contributed by atoms with Crippen molar-refractivity contribution in [3.63, 3.8) is 0 Å². The van der Waals surface area contributed by atoms with Gasteiger partial charge < -0.3 is 5.11 Å². The summed E-state index contributed by atoms with van der Waals surface area (Å²) in [5.74, 6) is 0.147. The molecular weight excluding hydrogens is 226 g/mol. The SMILES string of the molecule is N#Cc1c2c(nn1-c1ccccc1O)CCCC2. The van der Waals surface area contributed by atoms with Crippen molar-refractivity contribution in [1.82, 2.24) is 9.78 Å². The highest BCUT2D eigenvalue weighted by atomic mass is 16.3. The van der Waals surface area contributed by atoms with E-state index in [9.17, 15) is 10.4 Å². The molecule has 18 heavy (non-hydrogen) atoms. The average Bonchev–Trinajstić information content (AvgIpc) is 2.77. The number of aromatic nitrogens is 2. The van der Waals surface area contributed by atoms with Crippen LogP contribution in [0.25, 0.3) is 5.69 Å². The predicted molar refractivity (Wildman–Crippen MR) is 66.6 cm³/mol. The Balaban J connectivity index is 2.22. The van der Waals surface area contributed by atoms with Crippen LogP contribution < -0.4 is 0 Å². The molecule has 4 nitrogen and oxygen atoms in total. The van der Waals surface area contributed by atoms with Gasteiger partial charge in [-0.1, -0.05) is 12.1 Å². The fraction of sp³-hybridized carbons (Fsp3) is 0.286. The number of hydrogen-bond acceptors (Lipinski definition) is 3. The molecule has 4 heteroatoms. The number of aromatic hydroxyl groups is 1. The molecule has 0 unspecified atom stereocenters. The first kappa shape index (κ1) is 10.8. The highest BCUT2D eigenvalue weighted by Crippen LogP contribution is 2.28. The van der Waals surface area contributed by atoms with E-state index >= 15 is 0 Å². The molecule has 0 radical (unpaired) electrons. The van der Waals surface area contributed by atoms with Crippen LogP contribution in [0.1, 0.15) is 29.8 Å². The van der Waals surface area contributed by atoms with Crippen LogP contribution in [0.3, 0.4) is 0 Å². The summed E-state index contributed by atoms with van der Waals surface area (Å²) in [6.45, 7) is 0. The molecule has 0 fully saturated rings. The van der Waals surface area contributed by atoms with Crippen LogP contribution in [-0.4, -0.2) is 14.9 Å². The van der Waals surface area contributed by atoms with Gasteiger partial charge in [0, 0.05) is 5.56 Å². The molecule has 1 aliphatic carbocycles. The third kappa shape index (κ3) is 1.56. The van der Waals surface area contributed by atoms with Crippen molar-refractivity contribution in [1.29, 1.82) is 5.26 Å². The van der Waals surface area contributed by atoms with Crippen molar-refractivity contribution in [2.45, 2.75) is 25.7 Å². The van der Waals surface area contributed by atoms with Gasteiger partial charge in [0.1, 0.15) is 23.2 Å². The Morgan fingerprint density at radius 2 is 2.00 bits per heavy atom. The average molecular weight is 239 g/mol. The van der Waals surface area contributed by atoms with Gasteiger partial charge in [-0.15, -0.1) is 0 Å². The highest BCUT2D eigenvalue weighted by Gasteiger charge is 2.22. The number of nitrogens with zero attached hydrogens (tertiary/aromatic N) is 3. The first-order chi connectivity index (χ1) is 8.81. The van der Waals surface area contributed by atoms with Gasteiger partial charge in [-0.3, -0.25) is 0 Å². The van der Waals surface area contributed by atoms with Gasteiger partial charge in [-0.2, -0.15) is 10.4 Å². The molecule has 2 aromatic rings. The molecule has 1 N–H and O–H groups in total. The minimum absolute atomic E-state index is 0.147. The predicted octanol–water partition coefficient (Wildman–Crippen LogP) is 2.33. The lowest BCUT2D eigenvalue weighted by atomic mass is 9.96. The molecule has 1 aromatic heterocycles. The van der Waals surface area contributed by atoms with E-state index in [1.165, 1.54) is 0 Å². The van der Waals surface area contributed by atoms with Crippen molar-refractivity contribution in [2.75, 3.05) is 0 Å². The van der Waals surface area contributed by atoms with Crippen LogP contribution in [0.15, 0.2) is 24.3 Å². The lowest BCUT2D eigenvalue weighted by Crippen LogP contribution is -2.01. The normalized spacial score (nSPS) is 13.9. The lowest BCUT2D eigenvalue weighted by Gasteiger charge is -2.08. The Hall–Kier alpha value is -2.28. The molecule has 0 spiro atoms. The van der Waals surface area contributed by atoms with Crippen LogP contribution in [-0.2, 0) is 12.8 Å². The van der Waals surface area contributed by atoms with Gasteiger partial charge in [0.15, 0.2) is 0 Å². The lowest BCUT2D eigenvalue weighted by molar-refractivity contribution is 0.470. The van der Waals surface area contributed by atoms with Gasteiger partial charge >= 0.3 is 0 Å². The van der Waals surface area contributed by atoms with Crippen LogP contribution in [0.5, 0.6) is 5.75 Å². The molecule has 1 aromatic carbocycles. The molecule has 0 aliphatic heterocycles. The third-order valence-corrected chi connectivity index (χ3v) is 3.37. The monoisotopic (exact) mass is 239 g/mol. The Morgan fingerprint density at radius 3 is 2.78 bits per heavy atom. The summed E-state index contributed by atoms with van der Waals surface area (Å²) < 4.78 is 1.57. The first-order valence-electron chi connectivity index (χ1n) is 6.10. The van der Waals surface area contributed by atoms with E-state index in [1.54, 1.807) is 22.9 Å². The van der Waals surface area contributed by atoms with Gasteiger partial charge in [0.25, 0.3) is 0 Å². The summed E-state index contributed by atoms with van der Waals surface area (Å²) in [5.41, 5.74) is 3.18. The van der Waals surface area contributed by atoms with E-state index < -0.39 is 0 Å². The Kier molecular flexibility index (Phi) is 2.52. The first-order valence-corrected chi connectivity index (χ1v) is 6.10. The molecule has 1 aliphatic rings. The fourth-order valence-corrected chi connectivity index (χ4v) is 2.49. The molecule has 0 amide bonds. The van der Waals surface area contributed by atoms with Crippen molar-refractivity contribution in [3.05, 3.63) is 41.2 Å². The number of para-hydroxylation sites is 2. The van der Waals surface area contributed by atoms with Gasteiger partial charge in [-0.05, 0) is 37.8 Å². The quantitative estimate of drug-likeness (QED) is 0.830. The number of benzene rings is 1. The number of phenolic OH excluding ortho intramolecular Hbond substituents is 1. The summed E-state index contributed by atoms with van der Waals surface area (Å²) in [4.78, 5) is 0. The molecule has 1 heterocycles. The smallest absolute Gasteiger partial charge is 0.147 e. The minimum atomic E-state index is 0.147. The van der Waals surface area contributed by atoms with E-state index in [4.69, 9.17) is 0 Å². The van der Waals surface area contributed by atoms with Gasteiger partial charge in [-0.25, -0.2) is 4.68 Å². The van der Waals surface area contributed by atoms with Crippen LogP contribution >= 0.6 is 0 Å². The molecule has 0 bridgehead atoms. The summed E-state index contributed by atoms with van der Waals surface area (Å²) in [6, 6.07) is 9.19. The largest absolute Gasteiger partial charge is 0.506 e. The fourth-order valence-electron chi connectivity index (χ4n) is 2.49. The van der Waals surface area contributed by atoms with Crippen molar-refractivity contribution >= 4 is 0 Å². The molecular formula is C14H13N3O. The Bertz CT molecular complexity index is 637. The van der Waals surface area contributed by atoms with Gasteiger partial charge in [0.2, 0.25) is 0 Å². The molecule has 0 saturated heterocycles. The maximum atomic E-state index is 9.87. The number of nitriles is 1. The van der Waals surface area contributed by atoms with E-state index in [1.807, 2.05) is 6.07 Å². The van der Waals surface area contributed by atoms with Gasteiger partial charge in [0.05, 0.1) is 5.69 Å². The number of fused-ring (bicyclic) bond motifs is 1. The second kappa shape index (κ2) is 4.19. The highest BCUT2D eigenvalue weighted by molar-refractivity contribution is 5.50. The Morgan fingerprint density at radius 1 is 1.22 bits per heavy atom. The number of aryl methyl sites for hydroxylation is 1. The summed E-state index contributed by atoms with van der Waals surface area (Å²) in [6.07, 6.45) is 4.06. The molecule has 0 atom stereocenters. The zero-order valence-corrected chi connectivity index (χ0v) is 9.93. The second-order valence-electron chi connectivity index (χ2n) is 4.49. The summed E-state index contributed by atoms with van der Waals surface area (Å²) in [5, 5.41) is 23.7. The summed E-state index contributed by atoms with van der Waals surface area (Å²) >= 11 is 0. The number of phenols is 1. The summed E-state index contributed by atoms with van der Waals surface area (Å²) in [7, 11) is 0. The van der Waals surface area contributed by atoms with Crippen molar-refractivity contribution in [2.24, 2.45) is 0 Å². The van der Waals surface area contributed by atoms with Crippen molar-refractivity contribution < 1.29 is 5.11 Å². The zero-order valence-electron chi connectivity index (χ0n) is 9.93. The second-order valence-corrected chi connectivity index (χ2v) is 4.49. The van der Waals surface area contributed by atoms with Crippen LogP contribution in [0.2, 0.25) is 0 Å². The van der Waals surface area contributed by atoms with E-state index in [2.05, 4.69) is 11.2 Å². The standard InChI is InChI=1S/C14H13N3O/c15-9-13-10-5-1-2-6-11(10)16-17(13)12-7-3-4-8-14(12)18/h3-4,7-8,18H,1-2,5-6H2. The zero-order chi connectivity index (χ0) is 12.5. The Labute approximate surface area is 105 Å². The van der Waals surface area contributed by atoms with Crippen LogP contribution in [0, 0.1) is 11.3 Å². The minimum Gasteiger partial charge on any atom is -0.506 e. The van der Waals surface area contributed by atoms with Crippen LogP contribution in [0.4, 0.5) is 0 Å². The van der Waals surface area contributed by atoms with E-state index in [-0.39, 0.29) is 5.75 Å². The molecule has 3 rings (SSSR count). The van der Waals surface area contributed by atoms with Crippen molar-refractivity contribution in [3.8, 4) is 17.5 Å². The van der Waals surface area contributed by atoms with E-state index in [0.29, 0.717) is 11.4 Å². The van der Waals surface area contributed by atoms with E-state index in [0.717, 1.165) is 36.9 Å². The third-order valence-electron chi connectivity index (χ3n) is 3.37. The maximum absolute atomic E-state index is 9.87.